The molecular formula is C12H12Cl2N2O3. The van der Waals surface area contributed by atoms with E-state index in [1.807, 2.05) is 0 Å². The number of hydrogen-bond donors (Lipinski definition) is 1. The summed E-state index contributed by atoms with van der Waals surface area (Å²) in [5.41, 5.74) is 0.429. The van der Waals surface area contributed by atoms with Crippen LogP contribution in [0.25, 0.3) is 0 Å². The van der Waals surface area contributed by atoms with E-state index in [2.05, 4.69) is 5.32 Å². The van der Waals surface area contributed by atoms with E-state index in [1.165, 1.54) is 11.0 Å². The van der Waals surface area contributed by atoms with Gasteiger partial charge in [-0.2, -0.15) is 0 Å². The lowest BCUT2D eigenvalue weighted by Gasteiger charge is -2.13. The molecule has 2 amide bonds. The zero-order chi connectivity index (χ0) is 13.8. The molecule has 0 unspecified atom stereocenters. The minimum Gasteiger partial charge on any atom is -0.448 e. The van der Waals surface area contributed by atoms with Crippen LogP contribution in [0.5, 0.6) is 0 Å². The van der Waals surface area contributed by atoms with Crippen LogP contribution in [0.1, 0.15) is 10.4 Å². The van der Waals surface area contributed by atoms with Gasteiger partial charge in [0, 0.05) is 18.7 Å². The number of amides is 2. The lowest BCUT2D eigenvalue weighted by Crippen LogP contribution is -2.35. The summed E-state index contributed by atoms with van der Waals surface area (Å²) in [7, 11) is 0. The fraction of sp³-hybridized carbons (Fsp3) is 0.333. The third-order valence-corrected chi connectivity index (χ3v) is 3.43. The summed E-state index contributed by atoms with van der Waals surface area (Å²) in [5, 5.41) is 3.43. The van der Waals surface area contributed by atoms with Crippen molar-refractivity contribution in [2.24, 2.45) is 0 Å². The van der Waals surface area contributed by atoms with E-state index in [-0.39, 0.29) is 12.0 Å². The second-order valence-electron chi connectivity index (χ2n) is 3.99. The number of carbonyl (C=O) groups excluding carboxylic acids is 2. The Morgan fingerprint density at radius 3 is 2.79 bits per heavy atom. The fourth-order valence-corrected chi connectivity index (χ4v) is 1.97. The van der Waals surface area contributed by atoms with Gasteiger partial charge >= 0.3 is 6.09 Å². The monoisotopic (exact) mass is 302 g/mol. The fourth-order valence-electron chi connectivity index (χ4n) is 1.67. The number of nitrogens with zero attached hydrogens (tertiary/aromatic N) is 1. The van der Waals surface area contributed by atoms with Gasteiger partial charge in [-0.05, 0) is 18.2 Å². The van der Waals surface area contributed by atoms with E-state index in [0.29, 0.717) is 41.8 Å². The van der Waals surface area contributed by atoms with Gasteiger partial charge < -0.3 is 15.0 Å². The maximum atomic E-state index is 11.8. The van der Waals surface area contributed by atoms with Crippen molar-refractivity contribution in [2.75, 3.05) is 26.2 Å². The van der Waals surface area contributed by atoms with Gasteiger partial charge in [0.1, 0.15) is 6.61 Å². The van der Waals surface area contributed by atoms with E-state index in [0.717, 1.165) is 0 Å². The highest BCUT2D eigenvalue weighted by Gasteiger charge is 2.21. The quantitative estimate of drug-likeness (QED) is 0.927. The molecule has 1 N–H and O–H groups in total. The molecule has 7 heteroatoms. The Labute approximate surface area is 120 Å². The van der Waals surface area contributed by atoms with Gasteiger partial charge in [-0.25, -0.2) is 4.79 Å². The lowest BCUT2D eigenvalue weighted by atomic mass is 10.2. The summed E-state index contributed by atoms with van der Waals surface area (Å²) in [5.74, 6) is -0.258. The third-order valence-electron chi connectivity index (χ3n) is 2.69. The maximum absolute atomic E-state index is 11.8. The smallest absolute Gasteiger partial charge is 0.409 e. The highest BCUT2D eigenvalue weighted by Crippen LogP contribution is 2.22. The first-order chi connectivity index (χ1) is 9.08. The van der Waals surface area contributed by atoms with Gasteiger partial charge in [0.15, 0.2) is 0 Å². The van der Waals surface area contributed by atoms with Crippen LogP contribution >= 0.6 is 23.2 Å². The molecular weight excluding hydrogens is 291 g/mol. The van der Waals surface area contributed by atoms with Crippen molar-refractivity contribution in [3.8, 4) is 0 Å². The molecule has 1 heterocycles. The normalized spacial score (nSPS) is 14.4. The maximum Gasteiger partial charge on any atom is 0.409 e. The predicted molar refractivity (Wildman–Crippen MR) is 71.7 cm³/mol. The first kappa shape index (κ1) is 14.0. The number of halogens is 2. The van der Waals surface area contributed by atoms with Gasteiger partial charge in [0.2, 0.25) is 0 Å². The molecule has 102 valence electrons. The van der Waals surface area contributed by atoms with Crippen molar-refractivity contribution in [1.29, 1.82) is 0 Å². The first-order valence-corrected chi connectivity index (χ1v) is 6.48. The third kappa shape index (κ3) is 3.52. The van der Waals surface area contributed by atoms with Gasteiger partial charge in [-0.1, -0.05) is 23.2 Å². The van der Waals surface area contributed by atoms with Crippen molar-refractivity contribution < 1.29 is 14.3 Å². The minimum absolute atomic E-state index is 0.258. The van der Waals surface area contributed by atoms with Crippen molar-refractivity contribution in [3.05, 3.63) is 33.8 Å². The predicted octanol–water partition coefficient (Wildman–Crippen LogP) is 2.18. The van der Waals surface area contributed by atoms with Crippen LogP contribution < -0.4 is 5.32 Å². The molecule has 0 spiro atoms. The van der Waals surface area contributed by atoms with Crippen LogP contribution in [0.15, 0.2) is 18.2 Å². The molecule has 1 aliphatic rings. The first-order valence-electron chi connectivity index (χ1n) is 5.73. The van der Waals surface area contributed by atoms with Crippen LogP contribution in [0.3, 0.4) is 0 Å². The molecule has 1 saturated heterocycles. The Bertz CT molecular complexity index is 508. The number of cyclic esters (lactones) is 1. The standard InChI is InChI=1S/C12H12Cl2N2O3/c13-9-2-1-8(7-10(9)14)11(17)15-3-4-16-5-6-19-12(16)18/h1-2,7H,3-6H2,(H,15,17). The van der Waals surface area contributed by atoms with Gasteiger partial charge in [0.05, 0.1) is 16.6 Å². The zero-order valence-electron chi connectivity index (χ0n) is 9.99. The van der Waals surface area contributed by atoms with Crippen LogP contribution in [-0.4, -0.2) is 43.1 Å². The topological polar surface area (TPSA) is 58.6 Å². The number of carbonyl (C=O) groups is 2. The summed E-state index contributed by atoms with van der Waals surface area (Å²) in [6.07, 6.45) is -0.344. The second-order valence-corrected chi connectivity index (χ2v) is 4.80. The molecule has 2 rings (SSSR count). The second kappa shape index (κ2) is 6.12. The van der Waals surface area contributed by atoms with E-state index >= 15 is 0 Å². The average molecular weight is 303 g/mol. The average Bonchev–Trinajstić information content (AvgIpc) is 2.78. The highest BCUT2D eigenvalue weighted by molar-refractivity contribution is 6.42. The molecule has 1 fully saturated rings. The highest BCUT2D eigenvalue weighted by atomic mass is 35.5. The van der Waals surface area contributed by atoms with E-state index in [4.69, 9.17) is 27.9 Å². The van der Waals surface area contributed by atoms with Crippen LogP contribution in [0.2, 0.25) is 10.0 Å². The molecule has 1 aromatic carbocycles. The number of benzene rings is 1. The van der Waals surface area contributed by atoms with E-state index < -0.39 is 0 Å². The molecule has 1 aliphatic heterocycles. The molecule has 0 radical (unpaired) electrons. The van der Waals surface area contributed by atoms with Crippen molar-refractivity contribution in [1.82, 2.24) is 10.2 Å². The molecule has 1 aromatic rings. The summed E-state index contributed by atoms with van der Waals surface area (Å²) in [4.78, 5) is 24.5. The Hall–Kier alpha value is -1.46. The van der Waals surface area contributed by atoms with Crippen molar-refractivity contribution in [3.63, 3.8) is 0 Å². The van der Waals surface area contributed by atoms with E-state index in [1.54, 1.807) is 12.1 Å². The number of nitrogens with one attached hydrogen (secondary N) is 1. The van der Waals surface area contributed by atoms with Gasteiger partial charge in [0.25, 0.3) is 5.91 Å². The molecule has 0 atom stereocenters. The van der Waals surface area contributed by atoms with Crippen LogP contribution in [-0.2, 0) is 4.74 Å². The SMILES string of the molecule is O=C(NCCN1CCOC1=O)c1ccc(Cl)c(Cl)c1. The van der Waals surface area contributed by atoms with Gasteiger partial charge in [-0.15, -0.1) is 0 Å². The molecule has 0 saturated carbocycles. The van der Waals surface area contributed by atoms with Crippen LogP contribution in [0.4, 0.5) is 4.79 Å². The zero-order valence-corrected chi connectivity index (χ0v) is 11.5. The van der Waals surface area contributed by atoms with E-state index in [9.17, 15) is 9.59 Å². The largest absolute Gasteiger partial charge is 0.448 e. The van der Waals surface area contributed by atoms with Gasteiger partial charge in [-0.3, -0.25) is 4.79 Å². The molecule has 0 bridgehead atoms. The minimum atomic E-state index is -0.344. The lowest BCUT2D eigenvalue weighted by molar-refractivity contribution is 0.0949. The molecule has 0 aliphatic carbocycles. The molecule has 19 heavy (non-hydrogen) atoms. The number of ether oxygens (including phenoxy) is 1. The Morgan fingerprint density at radius 2 is 2.16 bits per heavy atom. The summed E-state index contributed by atoms with van der Waals surface area (Å²) >= 11 is 11.6. The Balaban J connectivity index is 1.84. The summed E-state index contributed by atoms with van der Waals surface area (Å²) in [6.45, 7) is 1.74. The Morgan fingerprint density at radius 1 is 1.37 bits per heavy atom. The molecule has 5 nitrogen and oxygen atoms in total. The summed E-state index contributed by atoms with van der Waals surface area (Å²) in [6, 6.07) is 4.66. The number of hydrogen-bond acceptors (Lipinski definition) is 3. The Kier molecular flexibility index (Phi) is 4.50. The van der Waals surface area contributed by atoms with Crippen molar-refractivity contribution in [2.45, 2.75) is 0 Å². The number of rotatable bonds is 4. The van der Waals surface area contributed by atoms with Crippen molar-refractivity contribution >= 4 is 35.2 Å². The van der Waals surface area contributed by atoms with Crippen LogP contribution in [0, 0.1) is 0 Å². The molecule has 0 aromatic heterocycles. The summed E-state index contributed by atoms with van der Waals surface area (Å²) < 4.78 is 4.78.